The van der Waals surface area contributed by atoms with Crippen molar-refractivity contribution in [2.45, 2.75) is 19.0 Å². The highest BCUT2D eigenvalue weighted by Crippen LogP contribution is 2.31. The summed E-state index contributed by atoms with van der Waals surface area (Å²) in [5.41, 5.74) is -0.468. The van der Waals surface area contributed by atoms with Crippen LogP contribution in [0.1, 0.15) is 28.8 Å². The molecule has 0 bridgehead atoms. The molecular formula is C20H18F4N2O2. The van der Waals surface area contributed by atoms with Gasteiger partial charge in [-0.15, -0.1) is 0 Å². The number of hydrogen-bond acceptors (Lipinski definition) is 2. The molecule has 1 saturated heterocycles. The Hall–Kier alpha value is -2.90. The van der Waals surface area contributed by atoms with Gasteiger partial charge in [-0.3, -0.25) is 9.59 Å². The van der Waals surface area contributed by atoms with Crippen molar-refractivity contribution in [3.05, 3.63) is 65.5 Å². The summed E-state index contributed by atoms with van der Waals surface area (Å²) in [6.45, 7) is 0.616. The van der Waals surface area contributed by atoms with Gasteiger partial charge in [0, 0.05) is 24.3 Å². The smallest absolute Gasteiger partial charge is 0.338 e. The molecule has 4 nitrogen and oxygen atoms in total. The van der Waals surface area contributed by atoms with Gasteiger partial charge >= 0.3 is 6.18 Å². The second-order valence-corrected chi connectivity index (χ2v) is 6.67. The van der Waals surface area contributed by atoms with Crippen molar-refractivity contribution in [2.24, 2.45) is 5.92 Å². The number of halogens is 4. The van der Waals surface area contributed by atoms with Crippen LogP contribution in [0.3, 0.4) is 0 Å². The van der Waals surface area contributed by atoms with Crippen LogP contribution < -0.4 is 5.32 Å². The largest absolute Gasteiger partial charge is 0.416 e. The third kappa shape index (κ3) is 4.68. The molecule has 28 heavy (non-hydrogen) atoms. The van der Waals surface area contributed by atoms with Gasteiger partial charge in [0.05, 0.1) is 11.5 Å². The van der Waals surface area contributed by atoms with Crippen molar-refractivity contribution >= 4 is 17.5 Å². The van der Waals surface area contributed by atoms with Gasteiger partial charge in [0.15, 0.2) is 0 Å². The molecule has 1 atom stereocenters. The molecule has 0 aromatic heterocycles. The van der Waals surface area contributed by atoms with Crippen molar-refractivity contribution in [3.8, 4) is 0 Å². The molecule has 8 heteroatoms. The van der Waals surface area contributed by atoms with E-state index in [9.17, 15) is 27.2 Å². The molecule has 0 saturated carbocycles. The standard InChI is InChI=1S/C20H18F4N2O2/c21-16-8-6-13(7-9-16)19(28)26-10-2-3-14(12-26)18(27)25-17-5-1-4-15(11-17)20(22,23)24/h1,4-9,11,14H,2-3,10,12H2,(H,25,27)/t14-/m0/s1. The Labute approximate surface area is 159 Å². The summed E-state index contributed by atoms with van der Waals surface area (Å²) in [6.07, 6.45) is -3.38. The normalized spacial score (nSPS) is 17.3. The summed E-state index contributed by atoms with van der Waals surface area (Å²) in [4.78, 5) is 26.5. The van der Waals surface area contributed by atoms with Gasteiger partial charge in [0.25, 0.3) is 5.91 Å². The van der Waals surface area contributed by atoms with Crippen LogP contribution in [0.2, 0.25) is 0 Å². The number of benzene rings is 2. The van der Waals surface area contributed by atoms with Crippen molar-refractivity contribution in [1.82, 2.24) is 4.90 Å². The summed E-state index contributed by atoms with van der Waals surface area (Å²) in [7, 11) is 0. The molecule has 0 radical (unpaired) electrons. The molecule has 1 aliphatic rings. The molecule has 1 fully saturated rings. The van der Waals surface area contributed by atoms with Gasteiger partial charge < -0.3 is 10.2 Å². The van der Waals surface area contributed by atoms with Crippen LogP contribution in [0, 0.1) is 11.7 Å². The number of hydrogen-bond donors (Lipinski definition) is 1. The number of likely N-dealkylation sites (tertiary alicyclic amines) is 1. The zero-order valence-electron chi connectivity index (χ0n) is 14.8. The molecule has 1 N–H and O–H groups in total. The number of piperidine rings is 1. The van der Waals surface area contributed by atoms with Crippen LogP contribution in [0.5, 0.6) is 0 Å². The minimum atomic E-state index is -4.50. The Morgan fingerprint density at radius 1 is 1.07 bits per heavy atom. The maximum atomic E-state index is 13.0. The molecule has 0 spiro atoms. The summed E-state index contributed by atoms with van der Waals surface area (Å²) in [5, 5.41) is 2.50. The first-order valence-electron chi connectivity index (χ1n) is 8.77. The van der Waals surface area contributed by atoms with Gasteiger partial charge in [0.1, 0.15) is 5.82 Å². The number of rotatable bonds is 3. The van der Waals surface area contributed by atoms with Gasteiger partial charge in [-0.1, -0.05) is 6.07 Å². The molecule has 3 rings (SSSR count). The van der Waals surface area contributed by atoms with E-state index >= 15 is 0 Å². The van der Waals surface area contributed by atoms with Crippen LogP contribution in [-0.4, -0.2) is 29.8 Å². The van der Waals surface area contributed by atoms with Crippen LogP contribution in [0.25, 0.3) is 0 Å². The van der Waals surface area contributed by atoms with Crippen molar-refractivity contribution in [3.63, 3.8) is 0 Å². The van der Waals surface area contributed by atoms with E-state index in [0.717, 1.165) is 12.1 Å². The first kappa shape index (κ1) is 19.9. The first-order chi connectivity index (χ1) is 13.2. The lowest BCUT2D eigenvalue weighted by molar-refractivity contribution is -0.137. The number of amides is 2. The number of alkyl halides is 3. The molecule has 2 aromatic carbocycles. The second-order valence-electron chi connectivity index (χ2n) is 6.67. The second kappa shape index (κ2) is 8.00. The summed E-state index contributed by atoms with van der Waals surface area (Å²) in [6, 6.07) is 9.56. The predicted molar refractivity (Wildman–Crippen MR) is 95.1 cm³/mol. The molecule has 1 aliphatic heterocycles. The van der Waals surface area contributed by atoms with E-state index < -0.39 is 29.4 Å². The lowest BCUT2D eigenvalue weighted by Crippen LogP contribution is -2.43. The minimum absolute atomic E-state index is 0.0572. The van der Waals surface area contributed by atoms with Crippen LogP contribution >= 0.6 is 0 Å². The zero-order valence-corrected chi connectivity index (χ0v) is 14.8. The third-order valence-corrected chi connectivity index (χ3v) is 4.63. The average molecular weight is 394 g/mol. The molecule has 2 aromatic rings. The number of carbonyl (C=O) groups excluding carboxylic acids is 2. The van der Waals surface area contributed by atoms with Crippen molar-refractivity contribution in [2.75, 3.05) is 18.4 Å². The molecule has 2 amide bonds. The van der Waals surface area contributed by atoms with E-state index in [4.69, 9.17) is 0 Å². The fourth-order valence-electron chi connectivity index (χ4n) is 3.17. The Bertz CT molecular complexity index is 865. The third-order valence-electron chi connectivity index (χ3n) is 4.63. The molecule has 1 heterocycles. The highest BCUT2D eigenvalue weighted by molar-refractivity contribution is 5.96. The number of nitrogens with zero attached hydrogens (tertiary/aromatic N) is 1. The highest BCUT2D eigenvalue weighted by atomic mass is 19.4. The van der Waals surface area contributed by atoms with Crippen molar-refractivity contribution in [1.29, 1.82) is 0 Å². The quantitative estimate of drug-likeness (QED) is 0.788. The highest BCUT2D eigenvalue weighted by Gasteiger charge is 2.32. The van der Waals surface area contributed by atoms with Gasteiger partial charge in [-0.05, 0) is 55.3 Å². The molecule has 0 aliphatic carbocycles. The zero-order chi connectivity index (χ0) is 20.3. The van der Waals surface area contributed by atoms with E-state index in [-0.39, 0.29) is 18.1 Å². The maximum absolute atomic E-state index is 13.0. The van der Waals surface area contributed by atoms with Crippen LogP contribution in [0.4, 0.5) is 23.2 Å². The van der Waals surface area contributed by atoms with Crippen LogP contribution in [-0.2, 0) is 11.0 Å². The Kier molecular flexibility index (Phi) is 5.67. The average Bonchev–Trinajstić information content (AvgIpc) is 2.67. The number of anilines is 1. The van der Waals surface area contributed by atoms with Crippen LogP contribution in [0.15, 0.2) is 48.5 Å². The lowest BCUT2D eigenvalue weighted by Gasteiger charge is -2.32. The Morgan fingerprint density at radius 3 is 2.46 bits per heavy atom. The number of nitrogens with one attached hydrogen (secondary N) is 1. The fraction of sp³-hybridized carbons (Fsp3) is 0.300. The predicted octanol–water partition coefficient (Wildman–Crippen LogP) is 4.34. The van der Waals surface area contributed by atoms with E-state index in [0.29, 0.717) is 24.9 Å². The lowest BCUT2D eigenvalue weighted by atomic mass is 9.96. The SMILES string of the molecule is O=C(Nc1cccc(C(F)(F)F)c1)[C@H]1CCCN(C(=O)c2ccc(F)cc2)C1. The van der Waals surface area contributed by atoms with E-state index in [1.54, 1.807) is 0 Å². The maximum Gasteiger partial charge on any atom is 0.416 e. The van der Waals surface area contributed by atoms with E-state index in [1.807, 2.05) is 0 Å². The van der Waals surface area contributed by atoms with Gasteiger partial charge in [-0.25, -0.2) is 4.39 Å². The van der Waals surface area contributed by atoms with Crippen molar-refractivity contribution < 1.29 is 27.2 Å². The van der Waals surface area contributed by atoms with Gasteiger partial charge in [-0.2, -0.15) is 13.2 Å². The number of carbonyl (C=O) groups is 2. The minimum Gasteiger partial charge on any atom is -0.338 e. The molecule has 148 valence electrons. The summed E-state index contributed by atoms with van der Waals surface area (Å²) in [5.74, 6) is -1.73. The molecule has 0 unspecified atom stereocenters. The fourth-order valence-corrected chi connectivity index (χ4v) is 3.17. The Morgan fingerprint density at radius 2 is 1.79 bits per heavy atom. The monoisotopic (exact) mass is 394 g/mol. The Balaban J connectivity index is 1.66. The van der Waals surface area contributed by atoms with E-state index in [1.165, 1.54) is 41.3 Å². The van der Waals surface area contributed by atoms with Gasteiger partial charge in [0.2, 0.25) is 5.91 Å². The topological polar surface area (TPSA) is 49.4 Å². The summed E-state index contributed by atoms with van der Waals surface area (Å²) < 4.78 is 51.4. The van der Waals surface area contributed by atoms with E-state index in [2.05, 4.69) is 5.32 Å². The summed E-state index contributed by atoms with van der Waals surface area (Å²) >= 11 is 0. The molecular weight excluding hydrogens is 376 g/mol. The first-order valence-corrected chi connectivity index (χ1v) is 8.77.